The molecule has 0 atom stereocenters. The molecule has 0 N–H and O–H groups in total. The van der Waals surface area contributed by atoms with Crippen LogP contribution in [0.2, 0.25) is 5.02 Å². The highest BCUT2D eigenvalue weighted by Gasteiger charge is 2.13. The number of carbonyl (C=O) groups is 2. The van der Waals surface area contributed by atoms with Crippen LogP contribution in [0.5, 0.6) is 11.5 Å². The largest absolute Gasteiger partial charge is 0.485 e. The fraction of sp³-hybridized carbons (Fsp3) is 0.360. The van der Waals surface area contributed by atoms with E-state index in [1.165, 1.54) is 0 Å². The molecule has 32 heavy (non-hydrogen) atoms. The lowest BCUT2D eigenvalue weighted by atomic mass is 10.1. The molecule has 0 bridgehead atoms. The Balaban J connectivity index is 2.27. The van der Waals surface area contributed by atoms with E-state index >= 15 is 0 Å². The second-order valence-corrected chi connectivity index (χ2v) is 7.38. The molecule has 0 aromatic heterocycles. The van der Waals surface area contributed by atoms with Crippen molar-refractivity contribution in [2.75, 3.05) is 26.3 Å². The summed E-state index contributed by atoms with van der Waals surface area (Å²) < 4.78 is 16.6. The molecule has 0 aliphatic rings. The number of nitrogens with zero attached hydrogens (tertiary/aromatic N) is 1. The molecule has 2 rings (SSSR count). The number of hydrogen-bond donors (Lipinski definition) is 0. The van der Waals surface area contributed by atoms with Crippen molar-refractivity contribution >= 4 is 29.1 Å². The van der Waals surface area contributed by atoms with Crippen LogP contribution >= 0.6 is 11.6 Å². The maximum absolute atomic E-state index is 12.4. The van der Waals surface area contributed by atoms with Crippen LogP contribution < -0.4 is 9.47 Å². The third-order valence-electron chi connectivity index (χ3n) is 4.81. The molecule has 0 radical (unpaired) electrons. The van der Waals surface area contributed by atoms with Crippen molar-refractivity contribution < 1.29 is 23.8 Å². The van der Waals surface area contributed by atoms with Crippen molar-refractivity contribution in [3.8, 4) is 11.5 Å². The molecule has 6 nitrogen and oxygen atoms in total. The minimum absolute atomic E-state index is 0.0551. The molecule has 2 aromatic rings. The highest BCUT2D eigenvalue weighted by molar-refractivity contribution is 6.31. The average Bonchev–Trinajstić information content (AvgIpc) is 2.78. The average molecular weight is 460 g/mol. The van der Waals surface area contributed by atoms with Crippen LogP contribution in [0.15, 0.2) is 48.5 Å². The molecule has 0 saturated heterocycles. The first-order valence-electron chi connectivity index (χ1n) is 10.7. The standard InChI is InChI=1S/C25H30ClNO5/c1-5-27(6-2)24(28)14-18(4)19-12-13-22(23(15-19)32-17-25(29)30-7-3)31-16-20-10-8-9-11-21(20)26/h8-15H,5-7,16-17H2,1-4H3. The molecule has 0 unspecified atom stereocenters. The van der Waals surface area contributed by atoms with Crippen molar-refractivity contribution in [1.82, 2.24) is 4.90 Å². The van der Waals surface area contributed by atoms with E-state index in [-0.39, 0.29) is 25.7 Å². The second kappa shape index (κ2) is 12.8. The number of rotatable bonds is 11. The van der Waals surface area contributed by atoms with Gasteiger partial charge in [0.2, 0.25) is 5.91 Å². The summed E-state index contributed by atoms with van der Waals surface area (Å²) in [5.74, 6) is 0.311. The van der Waals surface area contributed by atoms with Gasteiger partial charge in [0.1, 0.15) is 6.61 Å². The Kier molecular flexibility index (Phi) is 10.1. The third kappa shape index (κ3) is 7.31. The fourth-order valence-electron chi connectivity index (χ4n) is 2.99. The first-order valence-corrected chi connectivity index (χ1v) is 11.0. The van der Waals surface area contributed by atoms with Crippen molar-refractivity contribution in [2.45, 2.75) is 34.3 Å². The highest BCUT2D eigenvalue weighted by atomic mass is 35.5. The number of esters is 1. The molecule has 7 heteroatoms. The van der Waals surface area contributed by atoms with Crippen LogP contribution in [0, 0.1) is 0 Å². The molecule has 1 amide bonds. The Morgan fingerprint density at radius 2 is 1.72 bits per heavy atom. The molecule has 0 spiro atoms. The van der Waals surface area contributed by atoms with Crippen molar-refractivity contribution in [3.63, 3.8) is 0 Å². The molecular weight excluding hydrogens is 430 g/mol. The molecule has 0 fully saturated rings. The van der Waals surface area contributed by atoms with E-state index in [2.05, 4.69) is 0 Å². The Bertz CT molecular complexity index is 953. The third-order valence-corrected chi connectivity index (χ3v) is 5.17. The number of allylic oxidation sites excluding steroid dienone is 1. The number of halogens is 1. The zero-order valence-electron chi connectivity index (χ0n) is 19.0. The van der Waals surface area contributed by atoms with Crippen molar-refractivity contribution in [1.29, 1.82) is 0 Å². The molecule has 0 aliphatic heterocycles. The minimum atomic E-state index is -0.473. The van der Waals surface area contributed by atoms with Gasteiger partial charge in [0, 0.05) is 29.8 Å². The Morgan fingerprint density at radius 3 is 2.38 bits per heavy atom. The van der Waals surface area contributed by atoms with Gasteiger partial charge in [-0.05, 0) is 57.0 Å². The summed E-state index contributed by atoms with van der Waals surface area (Å²) in [4.78, 5) is 26.0. The van der Waals surface area contributed by atoms with Crippen LogP contribution in [0.1, 0.15) is 38.8 Å². The van der Waals surface area contributed by atoms with Gasteiger partial charge in [0.05, 0.1) is 6.61 Å². The number of ether oxygens (including phenoxy) is 3. The summed E-state index contributed by atoms with van der Waals surface area (Å²) in [5, 5.41) is 0.604. The lowest BCUT2D eigenvalue weighted by Gasteiger charge is -2.17. The molecule has 172 valence electrons. The first kappa shape index (κ1) is 25.3. The fourth-order valence-corrected chi connectivity index (χ4v) is 3.18. The van der Waals surface area contributed by atoms with E-state index in [9.17, 15) is 9.59 Å². The van der Waals surface area contributed by atoms with Crippen LogP contribution in [0.25, 0.3) is 5.57 Å². The van der Waals surface area contributed by atoms with Gasteiger partial charge in [-0.3, -0.25) is 4.79 Å². The van der Waals surface area contributed by atoms with E-state index in [0.717, 1.165) is 16.7 Å². The molecule has 2 aromatic carbocycles. The summed E-state index contributed by atoms with van der Waals surface area (Å²) in [6, 6.07) is 12.8. The molecule has 0 heterocycles. The van der Waals surface area contributed by atoms with E-state index in [0.29, 0.717) is 29.6 Å². The number of likely N-dealkylation sites (N-methyl/N-ethyl adjacent to an activating group) is 1. The predicted molar refractivity (Wildman–Crippen MR) is 126 cm³/mol. The van der Waals surface area contributed by atoms with E-state index in [1.54, 1.807) is 36.1 Å². The highest BCUT2D eigenvalue weighted by Crippen LogP contribution is 2.32. The quantitative estimate of drug-likeness (QED) is 0.344. The number of hydrogen-bond acceptors (Lipinski definition) is 5. The molecular formula is C25H30ClNO5. The molecule has 0 saturated carbocycles. The summed E-state index contributed by atoms with van der Waals surface area (Å²) >= 11 is 6.22. The van der Waals surface area contributed by atoms with Crippen LogP contribution in [0.3, 0.4) is 0 Å². The summed E-state index contributed by atoms with van der Waals surface area (Å²) in [6.07, 6.45) is 1.60. The Labute approximate surface area is 194 Å². The predicted octanol–water partition coefficient (Wildman–Crippen LogP) is 5.13. The van der Waals surface area contributed by atoms with Crippen molar-refractivity contribution in [2.24, 2.45) is 0 Å². The van der Waals surface area contributed by atoms with Gasteiger partial charge in [-0.25, -0.2) is 4.79 Å². The molecule has 0 aliphatic carbocycles. The van der Waals surface area contributed by atoms with Crippen molar-refractivity contribution in [3.05, 3.63) is 64.7 Å². The van der Waals surface area contributed by atoms with E-state index < -0.39 is 5.97 Å². The van der Waals surface area contributed by atoms with Gasteiger partial charge in [0.15, 0.2) is 18.1 Å². The lowest BCUT2D eigenvalue weighted by Crippen LogP contribution is -2.28. The zero-order chi connectivity index (χ0) is 23.5. The maximum Gasteiger partial charge on any atom is 0.344 e. The van der Waals surface area contributed by atoms with E-state index in [1.807, 2.05) is 45.0 Å². The topological polar surface area (TPSA) is 65.1 Å². The van der Waals surface area contributed by atoms with Crippen LogP contribution in [-0.4, -0.2) is 43.1 Å². The van der Waals surface area contributed by atoms with Gasteiger partial charge >= 0.3 is 5.97 Å². The van der Waals surface area contributed by atoms with Gasteiger partial charge in [0.25, 0.3) is 0 Å². The number of benzene rings is 2. The normalized spacial score (nSPS) is 11.1. The SMILES string of the molecule is CCOC(=O)COc1cc(C(C)=CC(=O)N(CC)CC)ccc1OCc1ccccc1Cl. The monoisotopic (exact) mass is 459 g/mol. The Hall–Kier alpha value is -2.99. The smallest absolute Gasteiger partial charge is 0.344 e. The maximum atomic E-state index is 12.4. The Morgan fingerprint density at radius 1 is 1.00 bits per heavy atom. The van der Waals surface area contributed by atoms with Crippen LogP contribution in [0.4, 0.5) is 0 Å². The first-order chi connectivity index (χ1) is 15.4. The number of carbonyl (C=O) groups excluding carboxylic acids is 2. The van der Waals surface area contributed by atoms with Gasteiger partial charge in [-0.1, -0.05) is 35.9 Å². The van der Waals surface area contributed by atoms with Gasteiger partial charge < -0.3 is 19.1 Å². The lowest BCUT2D eigenvalue weighted by molar-refractivity contribution is -0.145. The van der Waals surface area contributed by atoms with Gasteiger partial charge in [-0.2, -0.15) is 0 Å². The van der Waals surface area contributed by atoms with Crippen LogP contribution in [-0.2, 0) is 20.9 Å². The summed E-state index contributed by atoms with van der Waals surface area (Å²) in [7, 11) is 0. The minimum Gasteiger partial charge on any atom is -0.485 e. The summed E-state index contributed by atoms with van der Waals surface area (Å²) in [5.41, 5.74) is 2.39. The summed E-state index contributed by atoms with van der Waals surface area (Å²) in [6.45, 7) is 9.02. The zero-order valence-corrected chi connectivity index (χ0v) is 19.8. The second-order valence-electron chi connectivity index (χ2n) is 6.97. The van der Waals surface area contributed by atoms with E-state index in [4.69, 9.17) is 25.8 Å². The van der Waals surface area contributed by atoms with Gasteiger partial charge in [-0.15, -0.1) is 0 Å². The number of amides is 1.